The molecule has 21 heavy (non-hydrogen) atoms. The van der Waals surface area contributed by atoms with Gasteiger partial charge in [-0.25, -0.2) is 0 Å². The van der Waals surface area contributed by atoms with Crippen molar-refractivity contribution in [1.82, 2.24) is 4.90 Å². The molecule has 1 amide bonds. The van der Waals surface area contributed by atoms with Gasteiger partial charge < -0.3 is 15.4 Å². The van der Waals surface area contributed by atoms with E-state index in [9.17, 15) is 4.79 Å². The number of carbonyl (C=O) groups excluding carboxylic acids is 1. The monoisotopic (exact) mass is 290 g/mol. The number of amides is 1. The molecule has 4 nitrogen and oxygen atoms in total. The Morgan fingerprint density at radius 3 is 2.62 bits per heavy atom. The maximum atomic E-state index is 12.7. The molecule has 0 radical (unpaired) electrons. The summed E-state index contributed by atoms with van der Waals surface area (Å²) >= 11 is 0. The summed E-state index contributed by atoms with van der Waals surface area (Å²) in [6.45, 7) is 4.05. The number of methoxy groups -OCH3 is 1. The summed E-state index contributed by atoms with van der Waals surface area (Å²) in [5, 5.41) is 0. The summed E-state index contributed by atoms with van der Waals surface area (Å²) in [6.07, 6.45) is 3.20. The largest absolute Gasteiger partial charge is 0.497 e. The van der Waals surface area contributed by atoms with Gasteiger partial charge in [0, 0.05) is 19.0 Å². The molecule has 0 aliphatic heterocycles. The Morgan fingerprint density at radius 2 is 2.05 bits per heavy atom. The van der Waals surface area contributed by atoms with E-state index in [1.54, 1.807) is 7.11 Å². The van der Waals surface area contributed by atoms with Crippen LogP contribution in [0, 0.1) is 11.8 Å². The van der Waals surface area contributed by atoms with Gasteiger partial charge >= 0.3 is 0 Å². The molecule has 0 spiro atoms. The average Bonchev–Trinajstić information content (AvgIpc) is 3.01. The summed E-state index contributed by atoms with van der Waals surface area (Å²) in [6, 6.07) is 7.91. The van der Waals surface area contributed by atoms with Gasteiger partial charge in [-0.3, -0.25) is 4.79 Å². The van der Waals surface area contributed by atoms with Crippen LogP contribution < -0.4 is 10.5 Å². The number of hydrogen-bond acceptors (Lipinski definition) is 3. The van der Waals surface area contributed by atoms with Crippen molar-refractivity contribution in [2.24, 2.45) is 17.6 Å². The van der Waals surface area contributed by atoms with E-state index >= 15 is 0 Å². The lowest BCUT2D eigenvalue weighted by molar-refractivity contribution is -0.137. The molecule has 1 aliphatic carbocycles. The lowest BCUT2D eigenvalue weighted by Gasteiger charge is -2.27. The van der Waals surface area contributed by atoms with Crippen LogP contribution >= 0.6 is 0 Å². The highest BCUT2D eigenvalue weighted by Gasteiger charge is 2.34. The zero-order valence-corrected chi connectivity index (χ0v) is 13.0. The minimum atomic E-state index is 0.119. The lowest BCUT2D eigenvalue weighted by atomic mass is 9.94. The molecule has 0 aromatic heterocycles. The zero-order valence-electron chi connectivity index (χ0n) is 13.0. The Balaban J connectivity index is 2.02. The van der Waals surface area contributed by atoms with Crippen LogP contribution in [-0.2, 0) is 11.3 Å². The smallest absolute Gasteiger partial charge is 0.226 e. The van der Waals surface area contributed by atoms with Crippen molar-refractivity contribution in [2.75, 3.05) is 20.2 Å². The highest BCUT2D eigenvalue weighted by molar-refractivity contribution is 5.79. The molecule has 2 unspecified atom stereocenters. The minimum Gasteiger partial charge on any atom is -0.497 e. The second-order valence-electron chi connectivity index (χ2n) is 5.73. The summed E-state index contributed by atoms with van der Waals surface area (Å²) in [4.78, 5) is 14.7. The van der Waals surface area contributed by atoms with Crippen molar-refractivity contribution < 1.29 is 9.53 Å². The Bertz CT molecular complexity index is 458. The van der Waals surface area contributed by atoms with Crippen molar-refractivity contribution >= 4 is 5.91 Å². The highest BCUT2D eigenvalue weighted by Crippen LogP contribution is 2.32. The predicted molar refractivity (Wildman–Crippen MR) is 84.0 cm³/mol. The number of nitrogens with two attached hydrogens (primary N) is 1. The van der Waals surface area contributed by atoms with E-state index < -0.39 is 0 Å². The van der Waals surface area contributed by atoms with Gasteiger partial charge in [0.05, 0.1) is 7.11 Å². The number of rotatable bonds is 6. The topological polar surface area (TPSA) is 55.6 Å². The summed E-state index contributed by atoms with van der Waals surface area (Å²) in [5.74, 6) is 1.59. The van der Waals surface area contributed by atoms with E-state index in [0.717, 1.165) is 37.1 Å². The van der Waals surface area contributed by atoms with Crippen molar-refractivity contribution in [3.05, 3.63) is 29.8 Å². The van der Waals surface area contributed by atoms with Gasteiger partial charge in [0.1, 0.15) is 5.75 Å². The summed E-state index contributed by atoms with van der Waals surface area (Å²) in [5.41, 5.74) is 6.94. The molecule has 2 rings (SSSR count). The third kappa shape index (κ3) is 3.76. The van der Waals surface area contributed by atoms with Gasteiger partial charge in [0.2, 0.25) is 5.91 Å². The van der Waals surface area contributed by atoms with Crippen LogP contribution in [0.3, 0.4) is 0 Å². The van der Waals surface area contributed by atoms with Gasteiger partial charge in [-0.2, -0.15) is 0 Å². The molecule has 1 aromatic rings. The van der Waals surface area contributed by atoms with E-state index in [1.807, 2.05) is 36.1 Å². The Labute approximate surface area is 127 Å². The minimum absolute atomic E-state index is 0.119. The second kappa shape index (κ2) is 7.46. The number of benzene rings is 1. The van der Waals surface area contributed by atoms with Crippen molar-refractivity contribution in [1.29, 1.82) is 0 Å². The van der Waals surface area contributed by atoms with Gasteiger partial charge in [0.25, 0.3) is 0 Å². The molecular weight excluding hydrogens is 264 g/mol. The van der Waals surface area contributed by atoms with Gasteiger partial charge in [-0.1, -0.05) is 18.6 Å². The summed E-state index contributed by atoms with van der Waals surface area (Å²) < 4.78 is 5.16. The van der Waals surface area contributed by atoms with E-state index in [-0.39, 0.29) is 11.8 Å². The molecule has 1 aliphatic rings. The normalized spacial score (nSPS) is 21.3. The fraction of sp³-hybridized carbons (Fsp3) is 0.588. The first kappa shape index (κ1) is 15.8. The third-order valence-corrected chi connectivity index (χ3v) is 4.50. The van der Waals surface area contributed by atoms with E-state index in [4.69, 9.17) is 10.5 Å². The van der Waals surface area contributed by atoms with Crippen LogP contribution in [0.2, 0.25) is 0 Å². The lowest BCUT2D eigenvalue weighted by Crippen LogP contribution is -2.38. The highest BCUT2D eigenvalue weighted by atomic mass is 16.5. The van der Waals surface area contributed by atoms with Crippen LogP contribution in [0.4, 0.5) is 0 Å². The first-order valence-corrected chi connectivity index (χ1v) is 7.81. The fourth-order valence-electron chi connectivity index (χ4n) is 3.18. The Hall–Kier alpha value is -1.55. The molecule has 2 atom stereocenters. The maximum Gasteiger partial charge on any atom is 0.226 e. The SMILES string of the molecule is CCN(Cc1ccc(OC)cc1)C(=O)C1CCCC1CN. The molecule has 2 N–H and O–H groups in total. The Kier molecular flexibility index (Phi) is 5.62. The number of carbonyl (C=O) groups is 1. The quantitative estimate of drug-likeness (QED) is 0.875. The molecule has 116 valence electrons. The van der Waals surface area contributed by atoms with Crippen LogP contribution in [-0.4, -0.2) is 31.0 Å². The molecule has 1 aromatic carbocycles. The predicted octanol–water partition coefficient (Wildman–Crippen LogP) is 2.42. The molecule has 1 fully saturated rings. The van der Waals surface area contributed by atoms with Crippen LogP contribution in [0.1, 0.15) is 31.7 Å². The van der Waals surface area contributed by atoms with Crippen molar-refractivity contribution in [3.8, 4) is 5.75 Å². The maximum absolute atomic E-state index is 12.7. The number of nitrogens with zero attached hydrogens (tertiary/aromatic N) is 1. The standard InChI is InChI=1S/C17H26N2O2/c1-3-19(12-13-7-9-15(21-2)10-8-13)17(20)16-6-4-5-14(16)11-18/h7-10,14,16H,3-6,11-12,18H2,1-2H3. The average molecular weight is 290 g/mol. The van der Waals surface area contributed by atoms with Gasteiger partial charge in [-0.15, -0.1) is 0 Å². The molecular formula is C17H26N2O2. The Morgan fingerprint density at radius 1 is 1.33 bits per heavy atom. The van der Waals surface area contributed by atoms with Crippen molar-refractivity contribution in [2.45, 2.75) is 32.7 Å². The van der Waals surface area contributed by atoms with Crippen LogP contribution in [0.15, 0.2) is 24.3 Å². The second-order valence-corrected chi connectivity index (χ2v) is 5.73. The molecule has 0 heterocycles. The van der Waals surface area contributed by atoms with E-state index in [0.29, 0.717) is 19.0 Å². The zero-order chi connectivity index (χ0) is 15.2. The first-order valence-electron chi connectivity index (χ1n) is 7.81. The van der Waals surface area contributed by atoms with Crippen molar-refractivity contribution in [3.63, 3.8) is 0 Å². The van der Waals surface area contributed by atoms with Crippen LogP contribution in [0.5, 0.6) is 5.75 Å². The van der Waals surface area contributed by atoms with E-state index in [2.05, 4.69) is 0 Å². The van der Waals surface area contributed by atoms with Gasteiger partial charge in [0.15, 0.2) is 0 Å². The number of ether oxygens (including phenoxy) is 1. The third-order valence-electron chi connectivity index (χ3n) is 4.50. The van der Waals surface area contributed by atoms with Gasteiger partial charge in [-0.05, 0) is 49.9 Å². The summed E-state index contributed by atoms with van der Waals surface area (Å²) in [7, 11) is 1.66. The fourth-order valence-corrected chi connectivity index (χ4v) is 3.18. The molecule has 1 saturated carbocycles. The first-order chi connectivity index (χ1) is 10.2. The molecule has 0 bridgehead atoms. The number of hydrogen-bond donors (Lipinski definition) is 1. The molecule has 4 heteroatoms. The molecule has 0 saturated heterocycles. The van der Waals surface area contributed by atoms with E-state index in [1.165, 1.54) is 0 Å². The van der Waals surface area contributed by atoms with Crippen LogP contribution in [0.25, 0.3) is 0 Å².